The molecule has 1 aliphatic rings. The molecule has 4 heterocycles. The topological polar surface area (TPSA) is 95.8 Å². The van der Waals surface area contributed by atoms with Crippen LogP contribution in [0.2, 0.25) is 0 Å². The van der Waals surface area contributed by atoms with Gasteiger partial charge in [-0.05, 0) is 12.5 Å². The number of aromatic amines is 1. The van der Waals surface area contributed by atoms with Crippen molar-refractivity contribution in [2.75, 3.05) is 25.5 Å². The maximum atomic E-state index is 12.1. The van der Waals surface area contributed by atoms with Gasteiger partial charge < -0.3 is 9.80 Å². The molecule has 4 rings (SSSR count). The number of fused-ring (bicyclic) bond motifs is 2. The van der Waals surface area contributed by atoms with E-state index in [2.05, 4.69) is 30.2 Å². The highest BCUT2D eigenvalue weighted by molar-refractivity contribution is 5.92. The lowest BCUT2D eigenvalue weighted by atomic mass is 10.3. The van der Waals surface area contributed by atoms with Crippen molar-refractivity contribution in [3.05, 3.63) is 30.0 Å². The molecule has 124 valence electrons. The van der Waals surface area contributed by atoms with Crippen LogP contribution in [0.15, 0.2) is 18.6 Å². The first kappa shape index (κ1) is 14.6. The van der Waals surface area contributed by atoms with Gasteiger partial charge in [-0.3, -0.25) is 14.6 Å². The number of hydrogen-bond acceptors (Lipinski definition) is 6. The molecule has 0 aromatic carbocycles. The Morgan fingerprint density at radius 1 is 1.29 bits per heavy atom. The van der Waals surface area contributed by atoms with Gasteiger partial charge in [0.05, 0.1) is 23.8 Å². The second-order valence-corrected chi connectivity index (χ2v) is 6.05. The van der Waals surface area contributed by atoms with E-state index in [0.29, 0.717) is 12.2 Å². The van der Waals surface area contributed by atoms with E-state index >= 15 is 0 Å². The van der Waals surface area contributed by atoms with Crippen LogP contribution in [0.5, 0.6) is 0 Å². The molecule has 3 aromatic heterocycles. The van der Waals surface area contributed by atoms with Crippen LogP contribution in [0.25, 0.3) is 11.0 Å². The number of carbonyl (C=O) groups excluding carboxylic acids is 1. The molecular formula is C15H18N8O. The monoisotopic (exact) mass is 326 g/mol. The summed E-state index contributed by atoms with van der Waals surface area (Å²) in [5, 5.41) is 12.3. The van der Waals surface area contributed by atoms with Crippen LogP contribution in [0.3, 0.4) is 0 Å². The van der Waals surface area contributed by atoms with Crippen LogP contribution in [-0.2, 0) is 13.1 Å². The Morgan fingerprint density at radius 2 is 2.17 bits per heavy atom. The van der Waals surface area contributed by atoms with Crippen molar-refractivity contribution in [1.82, 2.24) is 34.8 Å². The molecule has 9 nitrogen and oxygen atoms in total. The van der Waals surface area contributed by atoms with E-state index in [0.717, 1.165) is 42.1 Å². The molecule has 0 spiro atoms. The Kier molecular flexibility index (Phi) is 3.40. The number of nitrogens with zero attached hydrogens (tertiary/aromatic N) is 7. The molecule has 1 N–H and O–H groups in total. The average Bonchev–Trinajstić information content (AvgIpc) is 3.16. The fourth-order valence-electron chi connectivity index (χ4n) is 2.98. The van der Waals surface area contributed by atoms with Crippen LogP contribution in [0.4, 0.5) is 5.82 Å². The number of aryl methyl sites for hydroxylation is 1. The van der Waals surface area contributed by atoms with Gasteiger partial charge in [-0.2, -0.15) is 10.2 Å². The number of carbonyl (C=O) groups is 1. The first-order valence-corrected chi connectivity index (χ1v) is 7.81. The highest BCUT2D eigenvalue weighted by Crippen LogP contribution is 2.25. The number of rotatable bonds is 2. The number of amides is 1. The van der Waals surface area contributed by atoms with Gasteiger partial charge in [-0.15, -0.1) is 0 Å². The Balaban J connectivity index is 1.69. The van der Waals surface area contributed by atoms with Gasteiger partial charge >= 0.3 is 0 Å². The first-order chi connectivity index (χ1) is 11.6. The van der Waals surface area contributed by atoms with Gasteiger partial charge in [0, 0.05) is 27.2 Å². The number of hydrogen-bond donors (Lipinski definition) is 1. The zero-order valence-corrected chi connectivity index (χ0v) is 13.6. The number of anilines is 1. The van der Waals surface area contributed by atoms with Gasteiger partial charge in [0.25, 0.3) is 5.91 Å². The Bertz CT molecular complexity index is 896. The quantitative estimate of drug-likeness (QED) is 0.743. The van der Waals surface area contributed by atoms with Crippen molar-refractivity contribution < 1.29 is 4.79 Å². The van der Waals surface area contributed by atoms with Crippen LogP contribution in [-0.4, -0.2) is 61.4 Å². The molecule has 3 aromatic rings. The van der Waals surface area contributed by atoms with Crippen LogP contribution in [0, 0.1) is 0 Å². The van der Waals surface area contributed by atoms with Crippen molar-refractivity contribution in [2.24, 2.45) is 0 Å². The summed E-state index contributed by atoms with van der Waals surface area (Å²) in [6.07, 6.45) is 4.21. The Labute approximate surface area is 138 Å². The van der Waals surface area contributed by atoms with E-state index in [4.69, 9.17) is 0 Å². The molecule has 1 aliphatic heterocycles. The summed E-state index contributed by atoms with van der Waals surface area (Å²) in [7, 11) is 3.46. The lowest BCUT2D eigenvalue weighted by molar-refractivity contribution is 0.0821. The zero-order valence-electron chi connectivity index (χ0n) is 13.6. The molecule has 0 saturated carbocycles. The minimum Gasteiger partial charge on any atom is -0.350 e. The standard InChI is InChI=1S/C15H18N8O/c1-21(2)15(24)12-6-10-8-22(4-3-5-23(10)20-12)14-11-7-18-19-13(11)16-9-17-14/h6-7,9H,3-5,8H2,1-2H3,(H,16,17,18,19). The molecule has 0 bridgehead atoms. The second kappa shape index (κ2) is 5.59. The summed E-state index contributed by atoms with van der Waals surface area (Å²) in [5.74, 6) is 0.769. The first-order valence-electron chi connectivity index (χ1n) is 7.81. The molecule has 1 amide bonds. The predicted molar refractivity (Wildman–Crippen MR) is 87.6 cm³/mol. The minimum atomic E-state index is -0.0821. The van der Waals surface area contributed by atoms with Crippen molar-refractivity contribution in [3.63, 3.8) is 0 Å². The molecule has 0 aliphatic carbocycles. The third-order valence-electron chi connectivity index (χ3n) is 4.17. The lowest BCUT2D eigenvalue weighted by Crippen LogP contribution is -2.24. The third-order valence-corrected chi connectivity index (χ3v) is 4.17. The van der Waals surface area contributed by atoms with Gasteiger partial charge in [0.1, 0.15) is 12.1 Å². The Morgan fingerprint density at radius 3 is 3.00 bits per heavy atom. The predicted octanol–water partition coefficient (Wildman–Crippen LogP) is 0.661. The van der Waals surface area contributed by atoms with Gasteiger partial charge in [-0.1, -0.05) is 0 Å². The third kappa shape index (κ3) is 2.38. The smallest absolute Gasteiger partial charge is 0.273 e. The molecule has 0 saturated heterocycles. The summed E-state index contributed by atoms with van der Waals surface area (Å²) in [6.45, 7) is 2.29. The van der Waals surface area contributed by atoms with E-state index < -0.39 is 0 Å². The fourth-order valence-corrected chi connectivity index (χ4v) is 2.98. The normalized spacial score (nSPS) is 14.5. The lowest BCUT2D eigenvalue weighted by Gasteiger charge is -2.21. The molecule has 0 fully saturated rings. The van der Waals surface area contributed by atoms with E-state index in [1.807, 2.05) is 10.7 Å². The van der Waals surface area contributed by atoms with Gasteiger partial charge in [0.15, 0.2) is 11.3 Å². The number of H-pyrrole nitrogens is 1. The summed E-state index contributed by atoms with van der Waals surface area (Å²) >= 11 is 0. The molecule has 9 heteroatoms. The van der Waals surface area contributed by atoms with E-state index in [1.54, 1.807) is 31.5 Å². The Hall–Kier alpha value is -2.97. The molecule has 0 radical (unpaired) electrons. The fraction of sp³-hybridized carbons (Fsp3) is 0.400. The SMILES string of the molecule is CN(C)C(=O)c1cc2n(n1)CCCN(c1ncnc3[nH]ncc13)C2. The van der Waals surface area contributed by atoms with Crippen LogP contribution in [0.1, 0.15) is 22.6 Å². The summed E-state index contributed by atoms with van der Waals surface area (Å²) < 4.78 is 1.92. The van der Waals surface area contributed by atoms with Crippen LogP contribution < -0.4 is 4.90 Å². The van der Waals surface area contributed by atoms with Gasteiger partial charge in [0.2, 0.25) is 0 Å². The van der Waals surface area contributed by atoms with Gasteiger partial charge in [-0.25, -0.2) is 9.97 Å². The van der Waals surface area contributed by atoms with Crippen molar-refractivity contribution in [3.8, 4) is 0 Å². The van der Waals surface area contributed by atoms with Crippen molar-refractivity contribution in [2.45, 2.75) is 19.5 Å². The second-order valence-electron chi connectivity index (χ2n) is 6.05. The molecule has 0 unspecified atom stereocenters. The summed E-state index contributed by atoms with van der Waals surface area (Å²) in [5.41, 5.74) is 2.21. The van der Waals surface area contributed by atoms with Crippen molar-refractivity contribution in [1.29, 1.82) is 0 Å². The van der Waals surface area contributed by atoms with E-state index in [9.17, 15) is 4.79 Å². The summed E-state index contributed by atoms with van der Waals surface area (Å²) in [6, 6.07) is 1.87. The van der Waals surface area contributed by atoms with Crippen LogP contribution >= 0.6 is 0 Å². The minimum absolute atomic E-state index is 0.0821. The maximum Gasteiger partial charge on any atom is 0.273 e. The van der Waals surface area contributed by atoms with E-state index in [1.165, 1.54) is 0 Å². The highest BCUT2D eigenvalue weighted by Gasteiger charge is 2.22. The number of nitrogens with one attached hydrogen (secondary N) is 1. The highest BCUT2D eigenvalue weighted by atomic mass is 16.2. The maximum absolute atomic E-state index is 12.1. The zero-order chi connectivity index (χ0) is 16.7. The average molecular weight is 326 g/mol. The molecular weight excluding hydrogens is 308 g/mol. The van der Waals surface area contributed by atoms with E-state index in [-0.39, 0.29) is 5.91 Å². The summed E-state index contributed by atoms with van der Waals surface area (Å²) in [4.78, 5) is 24.5. The number of aromatic nitrogens is 6. The molecule has 0 atom stereocenters. The largest absolute Gasteiger partial charge is 0.350 e. The van der Waals surface area contributed by atoms with Crippen molar-refractivity contribution >= 4 is 22.8 Å². The molecule has 24 heavy (non-hydrogen) atoms.